The third kappa shape index (κ3) is 2.80. The third-order valence-electron chi connectivity index (χ3n) is 3.77. The van der Waals surface area contributed by atoms with Crippen LogP contribution in [0.25, 0.3) is 10.9 Å². The zero-order valence-electron chi connectivity index (χ0n) is 12.3. The van der Waals surface area contributed by atoms with Crippen molar-refractivity contribution in [1.82, 2.24) is 4.98 Å². The first kappa shape index (κ1) is 14.2. The van der Waals surface area contributed by atoms with Gasteiger partial charge in [-0.25, -0.2) is 9.37 Å². The number of hydrazone groups is 1. The number of anilines is 1. The molecule has 0 amide bonds. The largest absolute Gasteiger partial charge is 0.261 e. The summed E-state index contributed by atoms with van der Waals surface area (Å²) < 4.78 is 13.9. The van der Waals surface area contributed by atoms with Crippen LogP contribution >= 0.6 is 11.8 Å². The van der Waals surface area contributed by atoms with Crippen molar-refractivity contribution < 1.29 is 4.39 Å². The van der Waals surface area contributed by atoms with E-state index in [-0.39, 0.29) is 5.82 Å². The van der Waals surface area contributed by atoms with Gasteiger partial charge in [-0.2, -0.15) is 5.10 Å². The van der Waals surface area contributed by atoms with Crippen LogP contribution in [-0.4, -0.2) is 16.4 Å². The fraction of sp³-hybridized carbons (Fsp3) is 0.111. The zero-order chi connectivity index (χ0) is 15.6. The maximum Gasteiger partial charge on any atom is 0.146 e. The molecule has 0 radical (unpaired) electrons. The number of benzene rings is 2. The van der Waals surface area contributed by atoms with E-state index in [9.17, 15) is 4.39 Å². The highest BCUT2D eigenvalue weighted by Gasteiger charge is 2.19. The lowest BCUT2D eigenvalue weighted by molar-refractivity contribution is 0.600. The van der Waals surface area contributed by atoms with Crippen LogP contribution in [0.15, 0.2) is 64.6 Å². The highest BCUT2D eigenvalue weighted by Crippen LogP contribution is 2.32. The first-order valence-electron chi connectivity index (χ1n) is 7.41. The second-order valence-corrected chi connectivity index (χ2v) is 6.38. The average molecular weight is 323 g/mol. The molecule has 23 heavy (non-hydrogen) atoms. The summed E-state index contributed by atoms with van der Waals surface area (Å²) >= 11 is 1.54. The van der Waals surface area contributed by atoms with Gasteiger partial charge in [0.1, 0.15) is 11.6 Å². The van der Waals surface area contributed by atoms with Gasteiger partial charge in [0.2, 0.25) is 0 Å². The number of rotatable bonds is 2. The number of pyridine rings is 1. The van der Waals surface area contributed by atoms with E-state index in [1.54, 1.807) is 17.8 Å². The lowest BCUT2D eigenvalue weighted by Gasteiger charge is -2.17. The van der Waals surface area contributed by atoms with Crippen LogP contribution in [0.3, 0.4) is 0 Å². The minimum absolute atomic E-state index is 0.177. The second kappa shape index (κ2) is 6.01. The van der Waals surface area contributed by atoms with E-state index >= 15 is 0 Å². The van der Waals surface area contributed by atoms with Crippen LogP contribution in [0.2, 0.25) is 0 Å². The van der Waals surface area contributed by atoms with E-state index in [0.29, 0.717) is 10.7 Å². The van der Waals surface area contributed by atoms with Crippen molar-refractivity contribution in [3.63, 3.8) is 0 Å². The Balaban J connectivity index is 1.65. The molecular formula is C18H14FN3S. The maximum absolute atomic E-state index is 13.9. The van der Waals surface area contributed by atoms with Gasteiger partial charge in [0.05, 0.1) is 16.1 Å². The van der Waals surface area contributed by atoms with Gasteiger partial charge >= 0.3 is 0 Å². The van der Waals surface area contributed by atoms with E-state index in [0.717, 1.165) is 34.4 Å². The Morgan fingerprint density at radius 1 is 1.04 bits per heavy atom. The topological polar surface area (TPSA) is 37.3 Å². The molecule has 0 atom stereocenters. The summed E-state index contributed by atoms with van der Waals surface area (Å²) in [6.07, 6.45) is 0.807. The van der Waals surface area contributed by atoms with Gasteiger partial charge in [-0.1, -0.05) is 30.3 Å². The highest BCUT2D eigenvalue weighted by molar-refractivity contribution is 7.99. The number of fused-ring (bicyclic) bond motifs is 2. The highest BCUT2D eigenvalue weighted by atomic mass is 32.2. The summed E-state index contributed by atoms with van der Waals surface area (Å²) in [7, 11) is 0. The monoisotopic (exact) mass is 323 g/mol. The normalized spacial score (nSPS) is 15.6. The molecule has 0 saturated heterocycles. The minimum atomic E-state index is -0.177. The molecule has 1 aliphatic rings. The van der Waals surface area contributed by atoms with Crippen molar-refractivity contribution in [2.75, 3.05) is 11.2 Å². The fourth-order valence-electron chi connectivity index (χ4n) is 2.64. The molecule has 3 aromatic rings. The van der Waals surface area contributed by atoms with E-state index < -0.39 is 0 Å². The Hall–Kier alpha value is -2.40. The zero-order valence-corrected chi connectivity index (χ0v) is 13.1. The summed E-state index contributed by atoms with van der Waals surface area (Å²) in [6.45, 7) is 0. The number of hydrogen-bond donors (Lipinski definition) is 1. The van der Waals surface area contributed by atoms with Gasteiger partial charge < -0.3 is 0 Å². The summed E-state index contributed by atoms with van der Waals surface area (Å²) in [5, 5.41) is 5.56. The third-order valence-corrected chi connectivity index (χ3v) is 4.88. The van der Waals surface area contributed by atoms with Crippen molar-refractivity contribution in [3.05, 3.63) is 66.0 Å². The molecule has 0 unspecified atom stereocenters. The van der Waals surface area contributed by atoms with Crippen LogP contribution in [-0.2, 0) is 0 Å². The quantitative estimate of drug-likeness (QED) is 0.695. The Morgan fingerprint density at radius 2 is 1.96 bits per heavy atom. The Bertz CT molecular complexity index is 908. The fourth-order valence-corrected chi connectivity index (χ4v) is 3.68. The van der Waals surface area contributed by atoms with Gasteiger partial charge in [-0.15, -0.1) is 11.8 Å². The molecule has 0 bridgehead atoms. The summed E-state index contributed by atoms with van der Waals surface area (Å²) in [5.74, 6) is 1.34. The lowest BCUT2D eigenvalue weighted by atomic mass is 10.1. The van der Waals surface area contributed by atoms with Crippen molar-refractivity contribution in [3.8, 4) is 0 Å². The molecule has 5 heteroatoms. The first-order chi connectivity index (χ1) is 11.3. The molecular weight excluding hydrogens is 309 g/mol. The Kier molecular flexibility index (Phi) is 3.71. The molecule has 0 spiro atoms. The molecule has 0 aliphatic carbocycles. The molecule has 3 nitrogen and oxygen atoms in total. The molecule has 2 heterocycles. The molecule has 4 rings (SSSR count). The van der Waals surface area contributed by atoms with Crippen LogP contribution < -0.4 is 5.43 Å². The van der Waals surface area contributed by atoms with E-state index in [1.165, 1.54) is 6.07 Å². The van der Waals surface area contributed by atoms with E-state index in [4.69, 9.17) is 0 Å². The van der Waals surface area contributed by atoms with Gasteiger partial charge in [-0.3, -0.25) is 5.43 Å². The van der Waals surface area contributed by atoms with Gasteiger partial charge in [0.15, 0.2) is 0 Å². The van der Waals surface area contributed by atoms with Gasteiger partial charge in [0, 0.05) is 23.1 Å². The van der Waals surface area contributed by atoms with Crippen LogP contribution in [0.1, 0.15) is 12.0 Å². The van der Waals surface area contributed by atoms with Crippen LogP contribution in [0.5, 0.6) is 0 Å². The molecule has 0 saturated carbocycles. The summed E-state index contributed by atoms with van der Waals surface area (Å²) in [5.41, 5.74) is 5.67. The summed E-state index contributed by atoms with van der Waals surface area (Å²) in [6, 6.07) is 17.0. The predicted octanol–water partition coefficient (Wildman–Crippen LogP) is 4.69. The number of nitrogens with one attached hydrogen (secondary N) is 1. The number of hydrogen-bond acceptors (Lipinski definition) is 4. The second-order valence-electron chi connectivity index (χ2n) is 5.27. The van der Waals surface area contributed by atoms with Crippen molar-refractivity contribution >= 4 is 34.2 Å². The molecule has 1 aliphatic heterocycles. The first-order valence-corrected chi connectivity index (χ1v) is 8.40. The van der Waals surface area contributed by atoms with Crippen molar-refractivity contribution in [2.45, 2.75) is 11.3 Å². The number of thioether (sulfide) groups is 1. The van der Waals surface area contributed by atoms with Crippen LogP contribution in [0.4, 0.5) is 10.2 Å². The molecule has 0 fully saturated rings. The molecule has 1 aromatic heterocycles. The van der Waals surface area contributed by atoms with Crippen molar-refractivity contribution in [2.24, 2.45) is 5.10 Å². The van der Waals surface area contributed by atoms with Crippen molar-refractivity contribution in [1.29, 1.82) is 0 Å². The number of para-hydroxylation sites is 1. The average Bonchev–Trinajstić information content (AvgIpc) is 2.60. The standard InChI is InChI=1S/C18H14FN3S/c19-14-6-3-5-13-16(10-11-23-18(13)14)21-22-17-9-8-12-4-1-2-7-15(12)20-17/h1-9H,10-11H2,(H,20,22)/b21-16+. The maximum atomic E-state index is 13.9. The van der Waals surface area contributed by atoms with Gasteiger partial charge in [-0.05, 0) is 24.3 Å². The van der Waals surface area contributed by atoms with Crippen LogP contribution in [0, 0.1) is 5.82 Å². The number of aromatic nitrogens is 1. The number of nitrogens with zero attached hydrogens (tertiary/aromatic N) is 2. The smallest absolute Gasteiger partial charge is 0.146 e. The van der Waals surface area contributed by atoms with E-state index in [1.807, 2.05) is 42.5 Å². The predicted molar refractivity (Wildman–Crippen MR) is 93.6 cm³/mol. The minimum Gasteiger partial charge on any atom is -0.261 e. The molecule has 2 aromatic carbocycles. The summed E-state index contributed by atoms with van der Waals surface area (Å²) in [4.78, 5) is 5.22. The molecule has 1 N–H and O–H groups in total. The lowest BCUT2D eigenvalue weighted by Crippen LogP contribution is -2.13. The SMILES string of the molecule is Fc1cccc2c1SCC/C2=N\Nc1ccc2ccccc2n1. The van der Waals surface area contributed by atoms with E-state index in [2.05, 4.69) is 15.5 Å². The molecule has 114 valence electrons. The number of halogens is 1. The van der Waals surface area contributed by atoms with Gasteiger partial charge in [0.25, 0.3) is 0 Å². The Labute approximate surface area is 137 Å². The Morgan fingerprint density at radius 3 is 2.91 bits per heavy atom.